The second kappa shape index (κ2) is 31.9. The lowest BCUT2D eigenvalue weighted by molar-refractivity contribution is -0.401. The third kappa shape index (κ3) is 16.8. The molecule has 7 aromatic carbocycles. The summed E-state index contributed by atoms with van der Waals surface area (Å²) in [5.74, 6) is -1.19. The van der Waals surface area contributed by atoms with Gasteiger partial charge in [-0.1, -0.05) is 128 Å². The average molecular weight is 1320 g/mol. The molecular weight excluding hydrogens is 1230 g/mol. The number of rotatable bonds is 29. The van der Waals surface area contributed by atoms with Gasteiger partial charge in [0.05, 0.1) is 54.1 Å². The Morgan fingerprint density at radius 3 is 2.06 bits per heavy atom. The number of amides is 5. The molecule has 1 saturated heterocycles. The van der Waals surface area contributed by atoms with E-state index in [1.165, 1.54) is 71.3 Å². The molecule has 0 atom stereocenters. The van der Waals surface area contributed by atoms with Gasteiger partial charge in [0.15, 0.2) is 5.71 Å². The lowest BCUT2D eigenvalue weighted by Crippen LogP contribution is -2.46. The summed E-state index contributed by atoms with van der Waals surface area (Å²) in [4.78, 5) is 74.5. The zero-order chi connectivity index (χ0) is 67.2. The zero-order valence-electron chi connectivity index (χ0n) is 56.0. The van der Waals surface area contributed by atoms with Crippen molar-refractivity contribution in [3.05, 3.63) is 190 Å². The van der Waals surface area contributed by atoms with Gasteiger partial charge in [-0.3, -0.25) is 28.9 Å². The highest BCUT2D eigenvalue weighted by atomic mass is 35.5. The molecule has 3 aliphatic rings. The Balaban J connectivity index is 0.567. The van der Waals surface area contributed by atoms with Gasteiger partial charge >= 0.3 is 0 Å². The summed E-state index contributed by atoms with van der Waals surface area (Å²) in [6.07, 6.45) is 14.6. The van der Waals surface area contributed by atoms with Crippen molar-refractivity contribution in [3.8, 4) is 0 Å². The molecule has 0 bridgehead atoms. The maximum atomic E-state index is 13.2. The van der Waals surface area contributed by atoms with E-state index in [2.05, 4.69) is 161 Å². The van der Waals surface area contributed by atoms with E-state index in [0.717, 1.165) is 87.0 Å². The first kappa shape index (κ1) is 69.4. The van der Waals surface area contributed by atoms with Crippen molar-refractivity contribution in [1.29, 1.82) is 0 Å². The van der Waals surface area contributed by atoms with Gasteiger partial charge in [0.2, 0.25) is 29.3 Å². The van der Waals surface area contributed by atoms with Crippen molar-refractivity contribution in [1.82, 2.24) is 30.7 Å². The molecule has 95 heavy (non-hydrogen) atoms. The topological polar surface area (TPSA) is 159 Å². The minimum Gasteiger partial charge on any atom is -0.377 e. The van der Waals surface area contributed by atoms with E-state index in [1.807, 2.05) is 42.5 Å². The Labute approximate surface area is 569 Å². The van der Waals surface area contributed by atoms with Gasteiger partial charge in [-0.2, -0.15) is 4.58 Å². The van der Waals surface area contributed by atoms with Crippen LogP contribution in [0, 0.1) is 0 Å². The Bertz CT molecular complexity index is 4100. The van der Waals surface area contributed by atoms with Crippen LogP contribution in [0.5, 0.6) is 0 Å². The number of nitrogens with zero attached hydrogens (tertiary/aromatic N) is 6. The number of allylic oxidation sites excluding steroid dienone is 4. The van der Waals surface area contributed by atoms with Crippen LogP contribution in [0.25, 0.3) is 38.4 Å². The van der Waals surface area contributed by atoms with Crippen LogP contribution in [0.3, 0.4) is 0 Å². The molecule has 498 valence electrons. The second-order valence-corrected chi connectivity index (χ2v) is 26.8. The average Bonchev–Trinajstić information content (AvgIpc) is 1.60. The predicted octanol–water partition coefficient (Wildman–Crippen LogP) is 12.4. The Kier molecular flexibility index (Phi) is 23.3. The largest absolute Gasteiger partial charge is 0.377 e. The van der Waals surface area contributed by atoms with Crippen LogP contribution >= 0.6 is 23.2 Å². The van der Waals surface area contributed by atoms with Gasteiger partial charge in [-0.25, -0.2) is 0 Å². The van der Waals surface area contributed by atoms with Gasteiger partial charge < -0.3 is 45.0 Å². The molecule has 0 saturated carbocycles. The summed E-state index contributed by atoms with van der Waals surface area (Å²) in [7, 11) is 5.38. The number of hydrogen-bond donors (Lipinski definition) is 3. The Hall–Kier alpha value is -8.38. The number of nitrogens with one attached hydrogen (secondary N) is 3. The van der Waals surface area contributed by atoms with E-state index in [-0.39, 0.29) is 86.6 Å². The van der Waals surface area contributed by atoms with Gasteiger partial charge in [0, 0.05) is 112 Å². The van der Waals surface area contributed by atoms with Crippen molar-refractivity contribution in [2.75, 3.05) is 123 Å². The van der Waals surface area contributed by atoms with Crippen molar-refractivity contribution < 1.29 is 38.0 Å². The van der Waals surface area contributed by atoms with Crippen molar-refractivity contribution in [2.45, 2.75) is 77.0 Å². The molecular formula is C77H90Cl2N9O7+. The minimum atomic E-state index is -0.385. The molecule has 0 unspecified atom stereocenters. The van der Waals surface area contributed by atoms with Crippen molar-refractivity contribution in [2.24, 2.45) is 0 Å². The number of ether oxygens (including phenoxy) is 2. The summed E-state index contributed by atoms with van der Waals surface area (Å²) in [6, 6.07) is 43.3. The number of anilines is 2. The summed E-state index contributed by atoms with van der Waals surface area (Å²) in [6.45, 7) is 16.0. The normalized spacial score (nSPS) is 15.6. The summed E-state index contributed by atoms with van der Waals surface area (Å²) < 4.78 is 13.4. The third-order valence-corrected chi connectivity index (χ3v) is 19.5. The van der Waals surface area contributed by atoms with Crippen molar-refractivity contribution >= 4 is 114 Å². The van der Waals surface area contributed by atoms with E-state index in [4.69, 9.17) is 32.7 Å². The molecule has 18 heteroatoms. The van der Waals surface area contributed by atoms with Gasteiger partial charge in [-0.05, 0) is 144 Å². The highest BCUT2D eigenvalue weighted by molar-refractivity contribution is 6.43. The number of carbonyl (C=O) groups excluding carboxylic acids is 5. The smallest absolute Gasteiger partial charge is 0.251 e. The van der Waals surface area contributed by atoms with E-state index < -0.39 is 0 Å². The highest BCUT2D eigenvalue weighted by Crippen LogP contribution is 2.51. The molecule has 3 N–H and O–H groups in total. The number of unbranched alkanes of at least 4 members (excludes halogenated alkanes) is 3. The second-order valence-electron chi connectivity index (χ2n) is 26.0. The zero-order valence-corrected chi connectivity index (χ0v) is 57.5. The minimum absolute atomic E-state index is 0.0511. The van der Waals surface area contributed by atoms with Crippen LogP contribution in [0.15, 0.2) is 157 Å². The summed E-state index contributed by atoms with van der Waals surface area (Å²) in [5, 5.41) is 16.6. The monoisotopic (exact) mass is 1320 g/mol. The van der Waals surface area contributed by atoms with E-state index in [1.54, 1.807) is 32.3 Å². The van der Waals surface area contributed by atoms with Crippen LogP contribution in [-0.4, -0.2) is 168 Å². The Morgan fingerprint density at radius 1 is 0.611 bits per heavy atom. The van der Waals surface area contributed by atoms with E-state index in [0.29, 0.717) is 35.0 Å². The molecule has 5 amide bonds. The first-order valence-electron chi connectivity index (χ1n) is 33.2. The van der Waals surface area contributed by atoms with Crippen LogP contribution < -0.4 is 25.8 Å². The number of halogens is 2. The molecule has 0 radical (unpaired) electrons. The molecule has 3 aliphatic heterocycles. The molecule has 16 nitrogen and oxygen atoms in total. The fraction of sp³-hybridized carbons (Fsp3) is 0.377. The maximum absolute atomic E-state index is 13.2. The molecule has 1 fully saturated rings. The van der Waals surface area contributed by atoms with Crippen LogP contribution in [0.1, 0.15) is 93.3 Å². The SMILES string of the molecule is CN(CC(=O)NCOCCOCCNC(=O)CN(C)C(=O)CCCCCN1/C(=C\C=C\C2=[N+](C)c3ccc4ccccc4c3C2(C)C)C(C)(C)c2c1ccc1ccccc21)C(=O)/C=C/c1ccc2cc(C(=O)NCCCCN3CCN(c4cccc(Cl)c4Cl)CC3)ccc2c1. The first-order chi connectivity index (χ1) is 45.8. The number of carbonyl (C=O) groups is 5. The quantitative estimate of drug-likeness (QED) is 0.0178. The van der Waals surface area contributed by atoms with Gasteiger partial charge in [0.1, 0.15) is 13.8 Å². The standard InChI is InChI=1S/C77H89Cl2N9O7/c1-76(2)66(85(7)63-35-33-55-19-10-12-21-60(55)72(63)76)25-18-26-67-77(3,4)73-61-22-13-11-20-56(61)34-36-64(73)88(67)41-15-8-9-27-70(91)83(5)51-68(89)80-39-46-94-47-48-95-53-82-69(90)52-84(6)71(92)37-29-54-28-30-58-50-59(32-31-57(58)49-54)75(93)81-38-14-16-40-86-42-44-87(45-43-86)65-24-17-23-62(78)74(65)79/h10-13,17-26,28-37,49-50H,8-9,14-16,27,38-48,51-53H2,1-7H3,(H2-,80,81,82,89,90,93)/p+1/b37-29+. The summed E-state index contributed by atoms with van der Waals surface area (Å²) >= 11 is 12.7. The first-order valence-corrected chi connectivity index (χ1v) is 34.0. The lowest BCUT2D eigenvalue weighted by Gasteiger charge is -2.36. The fourth-order valence-electron chi connectivity index (χ4n) is 13.5. The van der Waals surface area contributed by atoms with Crippen LogP contribution in [-0.2, 0) is 39.5 Å². The third-order valence-electron chi connectivity index (χ3n) is 18.7. The number of hydrogen-bond acceptors (Lipinski definition) is 10. The number of piperazine rings is 1. The number of fused-ring (bicyclic) bond motifs is 7. The lowest BCUT2D eigenvalue weighted by atomic mass is 9.79. The summed E-state index contributed by atoms with van der Waals surface area (Å²) in [5.41, 5.74) is 9.57. The molecule has 0 spiro atoms. The Morgan fingerprint density at radius 2 is 1.28 bits per heavy atom. The molecule has 0 aromatic heterocycles. The maximum Gasteiger partial charge on any atom is 0.251 e. The number of benzene rings is 7. The molecule has 10 rings (SSSR count). The van der Waals surface area contributed by atoms with Crippen LogP contribution in [0.2, 0.25) is 10.0 Å². The molecule has 7 aromatic rings. The number of likely N-dealkylation sites (N-methyl/N-ethyl adjacent to an activating group) is 2. The van der Waals surface area contributed by atoms with Gasteiger partial charge in [0.25, 0.3) is 5.91 Å². The predicted molar refractivity (Wildman–Crippen MR) is 386 cm³/mol. The van der Waals surface area contributed by atoms with Crippen molar-refractivity contribution in [3.63, 3.8) is 0 Å². The van der Waals surface area contributed by atoms with Gasteiger partial charge in [-0.15, -0.1) is 0 Å². The molecule has 0 aliphatic carbocycles. The highest BCUT2D eigenvalue weighted by Gasteiger charge is 2.45. The fourth-order valence-corrected chi connectivity index (χ4v) is 13.9. The van der Waals surface area contributed by atoms with Crippen LogP contribution in [0.4, 0.5) is 17.1 Å². The molecule has 3 heterocycles. The van der Waals surface area contributed by atoms with E-state index >= 15 is 0 Å². The van der Waals surface area contributed by atoms with E-state index in [9.17, 15) is 24.0 Å².